The minimum Gasteiger partial charge on any atom is -0.352 e. The van der Waals surface area contributed by atoms with Crippen LogP contribution in [0.15, 0.2) is 53.4 Å². The van der Waals surface area contributed by atoms with Crippen LogP contribution in [0.25, 0.3) is 0 Å². The highest BCUT2D eigenvalue weighted by Crippen LogP contribution is 2.36. The summed E-state index contributed by atoms with van der Waals surface area (Å²) in [7, 11) is 0. The fourth-order valence-electron chi connectivity index (χ4n) is 2.63. The summed E-state index contributed by atoms with van der Waals surface area (Å²) in [6, 6.07) is 14.8. The second-order valence-electron chi connectivity index (χ2n) is 5.95. The zero-order valence-corrected chi connectivity index (χ0v) is 15.1. The van der Waals surface area contributed by atoms with Crippen molar-refractivity contribution < 1.29 is 14.4 Å². The molecule has 1 aliphatic rings. The Morgan fingerprint density at radius 1 is 1.15 bits per heavy atom. The summed E-state index contributed by atoms with van der Waals surface area (Å²) in [5.41, 5.74) is 2.34. The van der Waals surface area contributed by atoms with Gasteiger partial charge in [-0.05, 0) is 29.8 Å². The van der Waals surface area contributed by atoms with Gasteiger partial charge in [-0.25, -0.2) is 0 Å². The average molecular weight is 369 g/mol. The van der Waals surface area contributed by atoms with Crippen LogP contribution in [0.4, 0.5) is 11.4 Å². The molecule has 3 amide bonds. The van der Waals surface area contributed by atoms with Crippen molar-refractivity contribution in [2.75, 3.05) is 10.6 Å². The number of nitrogens with one attached hydrogen (secondary N) is 3. The van der Waals surface area contributed by atoms with Crippen LogP contribution in [0.5, 0.6) is 0 Å². The molecule has 0 unspecified atom stereocenters. The standard InChI is InChI=1S/C19H19N3O3S/c1-12(23)21-14-6-4-5-13(9-14)11-20-18(24)10-17-19(25)22-15-7-2-3-8-16(15)26-17/h2-9,17H,10-11H2,1H3,(H,20,24)(H,21,23)(H,22,25)/t17-/m0/s1. The van der Waals surface area contributed by atoms with Crippen LogP contribution in [-0.2, 0) is 20.9 Å². The van der Waals surface area contributed by atoms with Crippen molar-refractivity contribution in [2.45, 2.75) is 30.0 Å². The van der Waals surface area contributed by atoms with Crippen molar-refractivity contribution in [3.05, 3.63) is 54.1 Å². The van der Waals surface area contributed by atoms with Gasteiger partial charge in [-0.15, -0.1) is 11.8 Å². The zero-order chi connectivity index (χ0) is 18.5. The highest BCUT2D eigenvalue weighted by Gasteiger charge is 2.28. The third-order valence-electron chi connectivity index (χ3n) is 3.81. The van der Waals surface area contributed by atoms with Gasteiger partial charge in [-0.2, -0.15) is 0 Å². The summed E-state index contributed by atoms with van der Waals surface area (Å²) in [6.45, 7) is 1.78. The van der Waals surface area contributed by atoms with Gasteiger partial charge in [0.2, 0.25) is 17.7 Å². The summed E-state index contributed by atoms with van der Waals surface area (Å²) in [4.78, 5) is 36.5. The van der Waals surface area contributed by atoms with Gasteiger partial charge >= 0.3 is 0 Å². The first kappa shape index (κ1) is 18.0. The van der Waals surface area contributed by atoms with Gasteiger partial charge in [0.05, 0.1) is 10.9 Å². The SMILES string of the molecule is CC(=O)Nc1cccc(CNC(=O)C[C@@H]2Sc3ccccc3NC2=O)c1. The van der Waals surface area contributed by atoms with E-state index >= 15 is 0 Å². The number of rotatable bonds is 5. The van der Waals surface area contributed by atoms with Crippen LogP contribution in [0.2, 0.25) is 0 Å². The molecule has 7 heteroatoms. The van der Waals surface area contributed by atoms with Gasteiger partial charge in [0.15, 0.2) is 0 Å². The van der Waals surface area contributed by atoms with E-state index in [4.69, 9.17) is 0 Å². The summed E-state index contributed by atoms with van der Waals surface area (Å²) in [5, 5.41) is 7.92. The molecule has 1 aliphatic heterocycles. The third-order valence-corrected chi connectivity index (χ3v) is 5.09. The number of carbonyl (C=O) groups excluding carboxylic acids is 3. The lowest BCUT2D eigenvalue weighted by Crippen LogP contribution is -2.34. The quantitative estimate of drug-likeness (QED) is 0.756. The predicted molar refractivity (Wildman–Crippen MR) is 102 cm³/mol. The van der Waals surface area contributed by atoms with Gasteiger partial charge in [0, 0.05) is 30.5 Å². The Morgan fingerprint density at radius 3 is 2.77 bits per heavy atom. The molecule has 0 aromatic heterocycles. The van der Waals surface area contributed by atoms with Gasteiger partial charge in [-0.3, -0.25) is 14.4 Å². The van der Waals surface area contributed by atoms with Crippen molar-refractivity contribution in [3.63, 3.8) is 0 Å². The maximum Gasteiger partial charge on any atom is 0.238 e. The fraction of sp³-hybridized carbons (Fsp3) is 0.211. The summed E-state index contributed by atoms with van der Waals surface area (Å²) in [5.74, 6) is -0.495. The minimum absolute atomic E-state index is 0.107. The van der Waals surface area contributed by atoms with E-state index < -0.39 is 5.25 Å². The van der Waals surface area contributed by atoms with Gasteiger partial charge in [-0.1, -0.05) is 24.3 Å². The molecule has 134 valence electrons. The topological polar surface area (TPSA) is 87.3 Å². The van der Waals surface area contributed by atoms with Crippen molar-refractivity contribution in [1.29, 1.82) is 0 Å². The molecule has 6 nitrogen and oxygen atoms in total. The van der Waals surface area contributed by atoms with E-state index in [2.05, 4.69) is 16.0 Å². The minimum atomic E-state index is -0.449. The number of amides is 3. The molecule has 3 N–H and O–H groups in total. The zero-order valence-electron chi connectivity index (χ0n) is 14.2. The van der Waals surface area contributed by atoms with Gasteiger partial charge in [0.1, 0.15) is 0 Å². The van der Waals surface area contributed by atoms with Crippen LogP contribution < -0.4 is 16.0 Å². The molecule has 2 aromatic carbocycles. The maximum atomic E-state index is 12.2. The highest BCUT2D eigenvalue weighted by atomic mass is 32.2. The largest absolute Gasteiger partial charge is 0.352 e. The number of carbonyl (C=O) groups is 3. The molecular weight excluding hydrogens is 350 g/mol. The van der Waals surface area contributed by atoms with Crippen molar-refractivity contribution in [1.82, 2.24) is 5.32 Å². The third kappa shape index (κ3) is 4.64. The van der Waals surface area contributed by atoms with E-state index in [1.807, 2.05) is 36.4 Å². The van der Waals surface area contributed by atoms with E-state index in [9.17, 15) is 14.4 Å². The molecule has 0 saturated heterocycles. The number of para-hydroxylation sites is 1. The fourth-order valence-corrected chi connectivity index (χ4v) is 3.74. The molecule has 2 aromatic rings. The van der Waals surface area contributed by atoms with E-state index in [-0.39, 0.29) is 24.1 Å². The molecule has 0 spiro atoms. The number of hydrogen-bond donors (Lipinski definition) is 3. The lowest BCUT2D eigenvalue weighted by Gasteiger charge is -2.23. The summed E-state index contributed by atoms with van der Waals surface area (Å²) in [6.07, 6.45) is 0.107. The molecule has 0 fully saturated rings. The van der Waals surface area contributed by atoms with E-state index in [0.717, 1.165) is 16.1 Å². The lowest BCUT2D eigenvalue weighted by atomic mass is 10.2. The van der Waals surface area contributed by atoms with Crippen LogP contribution in [0, 0.1) is 0 Å². The molecule has 0 bridgehead atoms. The van der Waals surface area contributed by atoms with Crippen LogP contribution in [0.1, 0.15) is 18.9 Å². The van der Waals surface area contributed by atoms with Crippen LogP contribution in [-0.4, -0.2) is 23.0 Å². The van der Waals surface area contributed by atoms with E-state index in [0.29, 0.717) is 12.2 Å². The molecule has 0 radical (unpaired) electrons. The Kier molecular flexibility index (Phi) is 5.58. The predicted octanol–water partition coefficient (Wildman–Crippen LogP) is 2.76. The Bertz CT molecular complexity index is 853. The molecular formula is C19H19N3O3S. The Hall–Kier alpha value is -2.80. The first-order valence-electron chi connectivity index (χ1n) is 8.21. The normalized spacial score (nSPS) is 15.6. The van der Waals surface area contributed by atoms with Crippen molar-refractivity contribution >= 4 is 40.9 Å². The Balaban J connectivity index is 1.55. The average Bonchev–Trinajstić information content (AvgIpc) is 2.60. The molecule has 0 saturated carbocycles. The smallest absolute Gasteiger partial charge is 0.238 e. The van der Waals surface area contributed by atoms with Crippen molar-refractivity contribution in [3.8, 4) is 0 Å². The number of thioether (sulfide) groups is 1. The molecule has 26 heavy (non-hydrogen) atoms. The van der Waals surface area contributed by atoms with Gasteiger partial charge in [0.25, 0.3) is 0 Å². The number of hydrogen-bond acceptors (Lipinski definition) is 4. The first-order valence-corrected chi connectivity index (χ1v) is 9.09. The number of benzene rings is 2. The number of anilines is 2. The molecule has 3 rings (SSSR count). The maximum absolute atomic E-state index is 12.2. The summed E-state index contributed by atoms with van der Waals surface area (Å²) < 4.78 is 0. The molecule has 0 aliphatic carbocycles. The monoisotopic (exact) mass is 369 g/mol. The second-order valence-corrected chi connectivity index (χ2v) is 7.20. The Labute approximate surface area is 155 Å². The van der Waals surface area contributed by atoms with Crippen LogP contribution in [0.3, 0.4) is 0 Å². The molecule has 1 atom stereocenters. The highest BCUT2D eigenvalue weighted by molar-refractivity contribution is 8.01. The second kappa shape index (κ2) is 8.05. The van der Waals surface area contributed by atoms with E-state index in [1.54, 1.807) is 12.1 Å². The Morgan fingerprint density at radius 2 is 1.96 bits per heavy atom. The summed E-state index contributed by atoms with van der Waals surface area (Å²) >= 11 is 1.40. The number of fused-ring (bicyclic) bond motifs is 1. The molecule has 1 heterocycles. The van der Waals surface area contributed by atoms with Gasteiger partial charge < -0.3 is 16.0 Å². The lowest BCUT2D eigenvalue weighted by molar-refractivity contribution is -0.124. The van der Waals surface area contributed by atoms with Crippen LogP contribution >= 0.6 is 11.8 Å². The first-order chi connectivity index (χ1) is 12.5. The van der Waals surface area contributed by atoms with E-state index in [1.165, 1.54) is 18.7 Å². The van der Waals surface area contributed by atoms with Crippen molar-refractivity contribution in [2.24, 2.45) is 0 Å².